The van der Waals surface area contributed by atoms with Gasteiger partial charge in [-0.05, 0) is 56.4 Å². The van der Waals surface area contributed by atoms with E-state index >= 15 is 0 Å². The summed E-state index contributed by atoms with van der Waals surface area (Å²) in [6.45, 7) is 4.88. The molecule has 0 aliphatic rings. The number of hydrogen-bond donors (Lipinski definition) is 0. The van der Waals surface area contributed by atoms with Gasteiger partial charge in [-0.3, -0.25) is 0 Å². The van der Waals surface area contributed by atoms with E-state index < -0.39 is 0 Å². The van der Waals surface area contributed by atoms with Crippen LogP contribution in [0.5, 0.6) is 0 Å². The van der Waals surface area contributed by atoms with Crippen LogP contribution < -0.4 is 0 Å². The summed E-state index contributed by atoms with van der Waals surface area (Å²) in [5.74, 6) is 1.27. The quantitative estimate of drug-likeness (QED) is 0.199. The zero-order valence-corrected chi connectivity index (χ0v) is 18.6. The molecule has 2 aromatic carbocycles. The molecule has 152 valence electrons. The van der Waals surface area contributed by atoms with Crippen LogP contribution in [0.3, 0.4) is 0 Å². The van der Waals surface area contributed by atoms with Gasteiger partial charge in [0, 0.05) is 5.75 Å². The van der Waals surface area contributed by atoms with Gasteiger partial charge in [-0.25, -0.2) is 9.78 Å². The van der Waals surface area contributed by atoms with Gasteiger partial charge in [0.25, 0.3) is 0 Å². The highest BCUT2D eigenvalue weighted by molar-refractivity contribution is 8.01. The van der Waals surface area contributed by atoms with Crippen LogP contribution in [-0.4, -0.2) is 23.3 Å². The van der Waals surface area contributed by atoms with E-state index in [1.807, 2.05) is 36.0 Å². The molecular weight excluding hydrogens is 398 g/mol. The molecule has 0 amide bonds. The molecule has 0 saturated heterocycles. The van der Waals surface area contributed by atoms with E-state index in [4.69, 9.17) is 4.74 Å². The number of hydrogen-bond acceptors (Lipinski definition) is 5. The van der Waals surface area contributed by atoms with Crippen LogP contribution in [0, 0.1) is 5.92 Å². The number of allylic oxidation sites excluding steroid dienone is 1. The SMILES string of the molecule is C/C(=C\CCC(C)CCOC(=O)c1ccccc1)CSc1nc2ccccc2s1. The van der Waals surface area contributed by atoms with E-state index in [0.29, 0.717) is 18.1 Å². The van der Waals surface area contributed by atoms with Gasteiger partial charge in [0.15, 0.2) is 4.34 Å². The molecule has 0 fully saturated rings. The highest BCUT2D eigenvalue weighted by Crippen LogP contribution is 2.30. The van der Waals surface area contributed by atoms with Gasteiger partial charge in [0.2, 0.25) is 0 Å². The number of thiazole rings is 1. The predicted molar refractivity (Wildman–Crippen MR) is 124 cm³/mol. The van der Waals surface area contributed by atoms with Gasteiger partial charge in [-0.2, -0.15) is 0 Å². The molecule has 1 atom stereocenters. The van der Waals surface area contributed by atoms with Crippen LogP contribution in [0.2, 0.25) is 0 Å². The molecule has 3 nitrogen and oxygen atoms in total. The van der Waals surface area contributed by atoms with Gasteiger partial charge < -0.3 is 4.74 Å². The lowest BCUT2D eigenvalue weighted by Crippen LogP contribution is -2.08. The van der Waals surface area contributed by atoms with Crippen LogP contribution >= 0.6 is 23.1 Å². The monoisotopic (exact) mass is 425 g/mol. The second-order valence-electron chi connectivity index (χ2n) is 7.26. The maximum Gasteiger partial charge on any atom is 0.338 e. The van der Waals surface area contributed by atoms with Crippen molar-refractivity contribution >= 4 is 39.3 Å². The number of carbonyl (C=O) groups is 1. The summed E-state index contributed by atoms with van der Waals surface area (Å²) in [6, 6.07) is 17.4. The summed E-state index contributed by atoms with van der Waals surface area (Å²) in [7, 11) is 0. The molecule has 0 radical (unpaired) electrons. The Morgan fingerprint density at radius 1 is 1.14 bits per heavy atom. The van der Waals surface area contributed by atoms with E-state index in [1.54, 1.807) is 23.5 Å². The number of ether oxygens (including phenoxy) is 1. The highest BCUT2D eigenvalue weighted by atomic mass is 32.2. The van der Waals surface area contributed by atoms with Crippen molar-refractivity contribution in [1.29, 1.82) is 0 Å². The second-order valence-corrected chi connectivity index (χ2v) is 9.51. The topological polar surface area (TPSA) is 39.2 Å². The third-order valence-corrected chi connectivity index (χ3v) is 7.08. The lowest BCUT2D eigenvalue weighted by atomic mass is 10.0. The lowest BCUT2D eigenvalue weighted by Gasteiger charge is -2.11. The Kier molecular flexibility index (Phi) is 8.32. The molecule has 3 aromatic rings. The average Bonchev–Trinajstić information content (AvgIpc) is 3.16. The number of rotatable bonds is 10. The smallest absolute Gasteiger partial charge is 0.338 e. The minimum Gasteiger partial charge on any atom is -0.462 e. The Hall–Kier alpha value is -2.11. The number of aromatic nitrogens is 1. The van der Waals surface area contributed by atoms with E-state index in [1.165, 1.54) is 10.3 Å². The van der Waals surface area contributed by atoms with Crippen LogP contribution in [-0.2, 0) is 4.74 Å². The van der Waals surface area contributed by atoms with E-state index in [-0.39, 0.29) is 5.97 Å². The fourth-order valence-electron chi connectivity index (χ4n) is 2.92. The summed E-state index contributed by atoms with van der Waals surface area (Å²) in [5, 5.41) is 0. The molecule has 0 N–H and O–H groups in total. The van der Waals surface area contributed by atoms with Crippen LogP contribution in [0.15, 0.2) is 70.6 Å². The average molecular weight is 426 g/mol. The molecule has 0 spiro atoms. The van der Waals surface area contributed by atoms with Crippen LogP contribution in [0.4, 0.5) is 0 Å². The normalized spacial score (nSPS) is 12.8. The number of nitrogens with zero attached hydrogens (tertiary/aromatic N) is 1. The first kappa shape index (κ1) is 21.6. The van der Waals surface area contributed by atoms with E-state index in [0.717, 1.165) is 34.9 Å². The van der Waals surface area contributed by atoms with Crippen molar-refractivity contribution in [3.8, 4) is 0 Å². The molecule has 0 aliphatic carbocycles. The molecule has 0 bridgehead atoms. The molecule has 0 saturated carbocycles. The largest absolute Gasteiger partial charge is 0.462 e. The number of esters is 1. The molecule has 3 rings (SSSR count). The molecule has 0 aliphatic heterocycles. The minimum absolute atomic E-state index is 0.236. The van der Waals surface area contributed by atoms with Crippen molar-refractivity contribution in [3.05, 3.63) is 71.8 Å². The Bertz CT molecular complexity index is 917. The lowest BCUT2D eigenvalue weighted by molar-refractivity contribution is 0.0484. The van der Waals surface area contributed by atoms with Gasteiger partial charge in [-0.15, -0.1) is 11.3 Å². The first-order valence-electron chi connectivity index (χ1n) is 9.98. The fraction of sp³-hybridized carbons (Fsp3) is 0.333. The number of thioether (sulfide) groups is 1. The summed E-state index contributed by atoms with van der Waals surface area (Å²) < 4.78 is 7.76. The third kappa shape index (κ3) is 7.02. The van der Waals surface area contributed by atoms with E-state index in [2.05, 4.69) is 43.1 Å². The zero-order chi connectivity index (χ0) is 20.5. The molecule has 1 unspecified atom stereocenters. The van der Waals surface area contributed by atoms with Crippen molar-refractivity contribution < 1.29 is 9.53 Å². The Labute approximate surface area is 181 Å². The minimum atomic E-state index is -0.236. The highest BCUT2D eigenvalue weighted by Gasteiger charge is 2.08. The fourth-order valence-corrected chi connectivity index (χ4v) is 4.93. The van der Waals surface area contributed by atoms with Crippen LogP contribution in [0.1, 0.15) is 43.5 Å². The standard InChI is InChI=1S/C24H27NO2S2/c1-18(15-16-27-23(26)20-11-4-3-5-12-20)9-8-10-19(2)17-28-24-25-21-13-6-7-14-22(21)29-24/h3-7,10-14,18H,8-9,15-17H2,1-2H3/b19-10+. The first-order chi connectivity index (χ1) is 14.1. The van der Waals surface area contributed by atoms with Gasteiger partial charge in [0.05, 0.1) is 22.4 Å². The van der Waals surface area contributed by atoms with Crippen molar-refractivity contribution in [3.63, 3.8) is 0 Å². The molecule has 5 heteroatoms. The summed E-state index contributed by atoms with van der Waals surface area (Å²) in [5.41, 5.74) is 3.09. The Morgan fingerprint density at radius 2 is 1.90 bits per heavy atom. The molecular formula is C24H27NO2S2. The summed E-state index contributed by atoms with van der Waals surface area (Å²) >= 11 is 3.57. The van der Waals surface area contributed by atoms with Crippen molar-refractivity contribution in [2.75, 3.05) is 12.4 Å². The van der Waals surface area contributed by atoms with Crippen molar-refractivity contribution in [2.45, 2.75) is 37.4 Å². The van der Waals surface area contributed by atoms with Gasteiger partial charge in [0.1, 0.15) is 0 Å². The van der Waals surface area contributed by atoms with Gasteiger partial charge in [-0.1, -0.05) is 60.7 Å². The molecule has 1 aromatic heterocycles. The first-order valence-corrected chi connectivity index (χ1v) is 11.8. The second kappa shape index (κ2) is 11.2. The Morgan fingerprint density at radius 3 is 2.69 bits per heavy atom. The number of carbonyl (C=O) groups excluding carboxylic acids is 1. The number of para-hydroxylation sites is 1. The van der Waals surface area contributed by atoms with Crippen molar-refractivity contribution in [2.24, 2.45) is 5.92 Å². The number of fused-ring (bicyclic) bond motifs is 1. The third-order valence-electron chi connectivity index (χ3n) is 4.70. The maximum absolute atomic E-state index is 11.9. The maximum atomic E-state index is 11.9. The predicted octanol–water partition coefficient (Wildman–Crippen LogP) is 7.00. The van der Waals surface area contributed by atoms with Crippen molar-refractivity contribution in [1.82, 2.24) is 4.98 Å². The number of benzene rings is 2. The summed E-state index contributed by atoms with van der Waals surface area (Å²) in [6.07, 6.45) is 5.38. The van der Waals surface area contributed by atoms with Crippen LogP contribution in [0.25, 0.3) is 10.2 Å². The molecule has 1 heterocycles. The molecule has 29 heavy (non-hydrogen) atoms. The Balaban J connectivity index is 1.32. The zero-order valence-electron chi connectivity index (χ0n) is 17.0. The van der Waals surface area contributed by atoms with Gasteiger partial charge >= 0.3 is 5.97 Å². The van der Waals surface area contributed by atoms with E-state index in [9.17, 15) is 4.79 Å². The summed E-state index contributed by atoms with van der Waals surface area (Å²) in [4.78, 5) is 16.6.